The van der Waals surface area contributed by atoms with Gasteiger partial charge in [0, 0.05) is 0 Å². The van der Waals surface area contributed by atoms with Crippen molar-refractivity contribution in [3.63, 3.8) is 0 Å². The van der Waals surface area contributed by atoms with Crippen LogP contribution >= 0.6 is 11.8 Å². The number of carbonyl (C=O) groups excluding carboxylic acids is 1. The molecule has 1 atom stereocenters. The first-order chi connectivity index (χ1) is 12.7. The van der Waals surface area contributed by atoms with Gasteiger partial charge >= 0.3 is 0 Å². The van der Waals surface area contributed by atoms with Gasteiger partial charge in [0.2, 0.25) is 17.9 Å². The fourth-order valence-electron chi connectivity index (χ4n) is 3.34. The zero-order valence-corrected chi connectivity index (χ0v) is 15.4. The number of hydrogen-bond acceptors (Lipinski definition) is 7. The zero-order valence-electron chi connectivity index (χ0n) is 14.6. The molecule has 0 spiro atoms. The van der Waals surface area contributed by atoms with Crippen LogP contribution in [0.3, 0.4) is 0 Å². The Bertz CT molecular complexity index is 790. The van der Waals surface area contributed by atoms with Crippen molar-refractivity contribution in [3.05, 3.63) is 23.8 Å². The molecular formula is C17H21N5O3S. The first-order valence-electron chi connectivity index (χ1n) is 8.80. The molecule has 0 saturated heterocycles. The van der Waals surface area contributed by atoms with E-state index in [0.717, 1.165) is 24.2 Å². The van der Waals surface area contributed by atoms with Crippen LogP contribution in [0, 0.1) is 0 Å². The van der Waals surface area contributed by atoms with Gasteiger partial charge in [0.25, 0.3) is 0 Å². The van der Waals surface area contributed by atoms with Gasteiger partial charge in [-0.25, -0.2) is 4.68 Å². The maximum absolute atomic E-state index is 12.3. The molecule has 0 unspecified atom stereocenters. The van der Waals surface area contributed by atoms with Gasteiger partial charge in [0.1, 0.15) is 0 Å². The number of nitrogens with one attached hydrogen (secondary N) is 1. The van der Waals surface area contributed by atoms with E-state index in [1.807, 2.05) is 29.8 Å². The smallest absolute Gasteiger partial charge is 0.231 e. The molecule has 1 N–H and O–H groups in total. The van der Waals surface area contributed by atoms with Crippen LogP contribution in [-0.4, -0.2) is 38.7 Å². The lowest BCUT2D eigenvalue weighted by atomic mass is 10.1. The van der Waals surface area contributed by atoms with Gasteiger partial charge in [-0.1, -0.05) is 30.7 Å². The number of tetrazole rings is 1. The summed E-state index contributed by atoms with van der Waals surface area (Å²) in [6, 6.07) is 5.95. The number of aromatic nitrogens is 4. The molecular weight excluding hydrogens is 354 g/mol. The maximum Gasteiger partial charge on any atom is 0.231 e. The Kier molecular flexibility index (Phi) is 4.96. The highest BCUT2D eigenvalue weighted by Crippen LogP contribution is 2.34. The van der Waals surface area contributed by atoms with Crippen molar-refractivity contribution < 1.29 is 14.3 Å². The van der Waals surface area contributed by atoms with Crippen molar-refractivity contribution in [2.75, 3.05) is 12.5 Å². The molecule has 2 aromatic rings. The summed E-state index contributed by atoms with van der Waals surface area (Å²) in [5, 5.41) is 15.6. The Balaban J connectivity index is 1.32. The monoisotopic (exact) mass is 375 g/mol. The van der Waals surface area contributed by atoms with Crippen molar-refractivity contribution in [1.82, 2.24) is 25.5 Å². The van der Waals surface area contributed by atoms with Crippen LogP contribution in [0.15, 0.2) is 23.4 Å². The predicted octanol–water partition coefficient (Wildman–Crippen LogP) is 2.49. The molecule has 0 bridgehead atoms. The van der Waals surface area contributed by atoms with E-state index in [1.165, 1.54) is 24.6 Å². The first kappa shape index (κ1) is 17.1. The summed E-state index contributed by atoms with van der Waals surface area (Å²) >= 11 is 1.38. The highest BCUT2D eigenvalue weighted by atomic mass is 32.2. The number of fused-ring (bicyclic) bond motifs is 1. The maximum atomic E-state index is 12.3. The quantitative estimate of drug-likeness (QED) is 0.776. The fraction of sp³-hybridized carbons (Fsp3) is 0.529. The molecule has 1 saturated carbocycles. The Morgan fingerprint density at radius 3 is 3.00 bits per heavy atom. The molecule has 138 valence electrons. The summed E-state index contributed by atoms with van der Waals surface area (Å²) < 4.78 is 12.6. The molecule has 1 aromatic heterocycles. The Hall–Kier alpha value is -2.29. The van der Waals surface area contributed by atoms with Crippen molar-refractivity contribution in [3.8, 4) is 11.5 Å². The Morgan fingerprint density at radius 2 is 2.15 bits per heavy atom. The highest BCUT2D eigenvalue weighted by Gasteiger charge is 2.22. The third-order valence-electron chi connectivity index (χ3n) is 4.74. The second kappa shape index (κ2) is 7.53. The molecule has 8 nitrogen and oxygen atoms in total. The van der Waals surface area contributed by atoms with E-state index in [-0.39, 0.29) is 24.5 Å². The normalized spacial score (nSPS) is 17.4. The van der Waals surface area contributed by atoms with Crippen molar-refractivity contribution >= 4 is 17.7 Å². The van der Waals surface area contributed by atoms with E-state index in [0.29, 0.717) is 16.9 Å². The fourth-order valence-corrected chi connectivity index (χ4v) is 4.09. The van der Waals surface area contributed by atoms with E-state index in [2.05, 4.69) is 20.8 Å². The van der Waals surface area contributed by atoms with Crippen LogP contribution in [0.1, 0.15) is 50.3 Å². The van der Waals surface area contributed by atoms with Crippen molar-refractivity contribution in [2.24, 2.45) is 0 Å². The van der Waals surface area contributed by atoms with E-state index < -0.39 is 0 Å². The number of rotatable bonds is 6. The largest absolute Gasteiger partial charge is 0.454 e. The third-order valence-corrected chi connectivity index (χ3v) is 5.67. The first-order valence-corrected chi connectivity index (χ1v) is 9.79. The molecule has 0 radical (unpaired) electrons. The predicted molar refractivity (Wildman–Crippen MR) is 95.2 cm³/mol. The van der Waals surface area contributed by atoms with Crippen LogP contribution < -0.4 is 14.8 Å². The minimum atomic E-state index is -0.122. The summed E-state index contributed by atoms with van der Waals surface area (Å²) in [4.78, 5) is 12.3. The minimum absolute atomic E-state index is 0.0545. The summed E-state index contributed by atoms with van der Waals surface area (Å²) in [6.45, 7) is 2.19. The standard InChI is InChI=1S/C17H21N5O3S/c1-11(12-6-7-14-15(8-12)25-10-24-14)18-16(23)9-26-17-19-20-21-22(17)13-4-2-3-5-13/h6-8,11,13H,2-5,9-10H2,1H3,(H,18,23)/t11-/m0/s1. The summed E-state index contributed by atoms with van der Waals surface area (Å²) in [6.07, 6.45) is 4.63. The van der Waals surface area contributed by atoms with E-state index in [1.54, 1.807) is 0 Å². The number of ether oxygens (including phenoxy) is 2. The molecule has 2 aliphatic rings. The molecule has 1 aliphatic heterocycles. The number of nitrogens with zero attached hydrogens (tertiary/aromatic N) is 4. The molecule has 4 rings (SSSR count). The molecule has 1 amide bonds. The Labute approximate surface area is 155 Å². The SMILES string of the molecule is C[C@H](NC(=O)CSc1nnnn1C1CCCC1)c1ccc2c(c1)OCO2. The van der Waals surface area contributed by atoms with Gasteiger partial charge < -0.3 is 14.8 Å². The number of thioether (sulfide) groups is 1. The summed E-state index contributed by atoms with van der Waals surface area (Å²) in [7, 11) is 0. The summed E-state index contributed by atoms with van der Waals surface area (Å²) in [5.41, 5.74) is 0.975. The second-order valence-corrected chi connectivity index (χ2v) is 7.48. The van der Waals surface area contributed by atoms with Crippen LogP contribution in [0.2, 0.25) is 0 Å². The van der Waals surface area contributed by atoms with Gasteiger partial charge in [0.05, 0.1) is 17.8 Å². The second-order valence-electron chi connectivity index (χ2n) is 6.53. The lowest BCUT2D eigenvalue weighted by Gasteiger charge is -2.15. The van der Waals surface area contributed by atoms with Gasteiger partial charge in [0.15, 0.2) is 11.5 Å². The Morgan fingerprint density at radius 1 is 1.35 bits per heavy atom. The highest BCUT2D eigenvalue weighted by molar-refractivity contribution is 7.99. The molecule has 1 fully saturated rings. The minimum Gasteiger partial charge on any atom is -0.454 e. The van der Waals surface area contributed by atoms with Crippen LogP contribution in [0.5, 0.6) is 11.5 Å². The van der Waals surface area contributed by atoms with Crippen LogP contribution in [-0.2, 0) is 4.79 Å². The van der Waals surface area contributed by atoms with Crippen molar-refractivity contribution in [1.29, 1.82) is 0 Å². The number of carbonyl (C=O) groups is 1. The molecule has 9 heteroatoms. The number of benzene rings is 1. The topological polar surface area (TPSA) is 91.2 Å². The van der Waals surface area contributed by atoms with Crippen LogP contribution in [0.25, 0.3) is 0 Å². The zero-order chi connectivity index (χ0) is 17.9. The lowest BCUT2D eigenvalue weighted by molar-refractivity contribution is -0.119. The van der Waals surface area contributed by atoms with E-state index >= 15 is 0 Å². The van der Waals surface area contributed by atoms with Gasteiger partial charge in [-0.3, -0.25) is 4.79 Å². The van der Waals surface area contributed by atoms with Gasteiger partial charge in [-0.2, -0.15) is 0 Å². The molecule has 1 aliphatic carbocycles. The average molecular weight is 375 g/mol. The molecule has 2 heterocycles. The third kappa shape index (κ3) is 3.62. The van der Waals surface area contributed by atoms with Gasteiger partial charge in [-0.15, -0.1) is 5.10 Å². The number of hydrogen-bond donors (Lipinski definition) is 1. The number of amides is 1. The van der Waals surface area contributed by atoms with Gasteiger partial charge in [-0.05, 0) is 47.9 Å². The van der Waals surface area contributed by atoms with Crippen molar-refractivity contribution in [2.45, 2.75) is 49.8 Å². The lowest BCUT2D eigenvalue weighted by Crippen LogP contribution is -2.28. The van der Waals surface area contributed by atoms with E-state index in [4.69, 9.17) is 9.47 Å². The van der Waals surface area contributed by atoms with Crippen LogP contribution in [0.4, 0.5) is 0 Å². The average Bonchev–Trinajstić information content (AvgIpc) is 3.39. The molecule has 1 aromatic carbocycles. The molecule has 26 heavy (non-hydrogen) atoms. The van der Waals surface area contributed by atoms with E-state index in [9.17, 15) is 4.79 Å². The summed E-state index contributed by atoms with van der Waals surface area (Å²) in [5.74, 6) is 1.68.